The van der Waals surface area contributed by atoms with Gasteiger partial charge in [-0.25, -0.2) is 8.78 Å². The Kier molecular flexibility index (Phi) is 2.76. The van der Waals surface area contributed by atoms with Gasteiger partial charge in [0.1, 0.15) is 0 Å². The molecule has 2 unspecified atom stereocenters. The van der Waals surface area contributed by atoms with Crippen molar-refractivity contribution in [3.8, 4) is 0 Å². The maximum Gasteiger partial charge on any atom is 0.266 e. The Balaban J connectivity index is 2.75. The van der Waals surface area contributed by atoms with Gasteiger partial charge in [-0.15, -0.1) is 0 Å². The normalized spacial score (nSPS) is 34.5. The molecule has 0 fully saturated rings. The van der Waals surface area contributed by atoms with Crippen LogP contribution >= 0.6 is 0 Å². The molecule has 0 saturated heterocycles. The van der Waals surface area contributed by atoms with E-state index in [9.17, 15) is 13.9 Å². The first kappa shape index (κ1) is 10.6. The minimum absolute atomic E-state index is 0.0415. The number of hydrogen-bond acceptors (Lipinski definition) is 1. The Morgan fingerprint density at radius 1 is 1.38 bits per heavy atom. The summed E-state index contributed by atoms with van der Waals surface area (Å²) in [6.45, 7) is 3.83. The summed E-state index contributed by atoms with van der Waals surface area (Å²) in [6, 6.07) is 0. The van der Waals surface area contributed by atoms with E-state index in [1.807, 2.05) is 13.8 Å². The fourth-order valence-corrected chi connectivity index (χ4v) is 1.56. The summed E-state index contributed by atoms with van der Waals surface area (Å²) >= 11 is 0. The molecule has 3 heteroatoms. The third-order valence-corrected chi connectivity index (χ3v) is 2.94. The van der Waals surface area contributed by atoms with E-state index in [4.69, 9.17) is 0 Å². The smallest absolute Gasteiger partial charge is 0.266 e. The maximum atomic E-state index is 12.7. The van der Waals surface area contributed by atoms with E-state index in [0.717, 1.165) is 12.5 Å². The van der Waals surface area contributed by atoms with Crippen molar-refractivity contribution < 1.29 is 13.9 Å². The molecule has 0 bridgehead atoms. The highest BCUT2D eigenvalue weighted by Gasteiger charge is 2.39. The highest BCUT2D eigenvalue weighted by Crippen LogP contribution is 2.37. The Hall–Kier alpha value is -0.440. The first-order valence-corrected chi connectivity index (χ1v) is 4.70. The molecule has 1 aliphatic rings. The highest BCUT2D eigenvalue weighted by atomic mass is 19.3. The predicted octanol–water partition coefficient (Wildman–Crippen LogP) is 2.75. The van der Waals surface area contributed by atoms with Crippen LogP contribution in [-0.2, 0) is 0 Å². The van der Waals surface area contributed by atoms with E-state index >= 15 is 0 Å². The maximum absolute atomic E-state index is 12.7. The van der Waals surface area contributed by atoms with Gasteiger partial charge < -0.3 is 5.11 Å². The molecule has 0 aromatic heterocycles. The van der Waals surface area contributed by atoms with Gasteiger partial charge in [0.2, 0.25) is 0 Å². The van der Waals surface area contributed by atoms with E-state index < -0.39 is 11.5 Å². The van der Waals surface area contributed by atoms with Crippen molar-refractivity contribution in [1.29, 1.82) is 0 Å². The number of allylic oxidation sites excluding steroid dienone is 1. The number of aliphatic hydroxyl groups is 1. The molecule has 1 nitrogen and oxygen atoms in total. The molecule has 0 aliphatic heterocycles. The molecule has 0 aromatic rings. The van der Waals surface area contributed by atoms with Crippen LogP contribution in [0.25, 0.3) is 0 Å². The summed E-state index contributed by atoms with van der Waals surface area (Å²) in [4.78, 5) is 0. The third kappa shape index (κ3) is 2.27. The standard InChI is InChI=1S/C10H16F2O/c1-3-8(2)9(13)4-6-10(11,12)7-5-9/h4,6,8,13H,3,5,7H2,1-2H3. The topological polar surface area (TPSA) is 20.2 Å². The molecule has 1 rings (SSSR count). The van der Waals surface area contributed by atoms with Crippen molar-refractivity contribution >= 4 is 0 Å². The van der Waals surface area contributed by atoms with Gasteiger partial charge in [0.25, 0.3) is 5.92 Å². The summed E-state index contributed by atoms with van der Waals surface area (Å²) in [5.74, 6) is -2.68. The number of rotatable bonds is 2. The van der Waals surface area contributed by atoms with Crippen molar-refractivity contribution in [3.05, 3.63) is 12.2 Å². The molecule has 0 heterocycles. The molecule has 1 aliphatic carbocycles. The van der Waals surface area contributed by atoms with E-state index in [-0.39, 0.29) is 18.8 Å². The van der Waals surface area contributed by atoms with Gasteiger partial charge in [0.05, 0.1) is 5.60 Å². The lowest BCUT2D eigenvalue weighted by Crippen LogP contribution is -2.39. The third-order valence-electron chi connectivity index (χ3n) is 2.94. The molecular formula is C10H16F2O. The Morgan fingerprint density at radius 3 is 2.38 bits per heavy atom. The summed E-state index contributed by atoms with van der Waals surface area (Å²) in [5.41, 5.74) is -1.02. The zero-order chi connectivity index (χ0) is 10.1. The fraction of sp³-hybridized carbons (Fsp3) is 0.800. The van der Waals surface area contributed by atoms with Crippen LogP contribution in [-0.4, -0.2) is 16.6 Å². The molecule has 0 aromatic carbocycles. The van der Waals surface area contributed by atoms with E-state index in [1.165, 1.54) is 6.08 Å². The van der Waals surface area contributed by atoms with Gasteiger partial charge in [0, 0.05) is 6.42 Å². The number of halogens is 2. The highest BCUT2D eigenvalue weighted by molar-refractivity contribution is 5.12. The first-order valence-electron chi connectivity index (χ1n) is 4.70. The van der Waals surface area contributed by atoms with Crippen LogP contribution in [0.3, 0.4) is 0 Å². The van der Waals surface area contributed by atoms with Crippen LogP contribution in [0.1, 0.15) is 33.1 Å². The van der Waals surface area contributed by atoms with Gasteiger partial charge in [-0.2, -0.15) is 0 Å². The largest absolute Gasteiger partial charge is 0.386 e. The fourth-order valence-electron chi connectivity index (χ4n) is 1.56. The molecule has 1 N–H and O–H groups in total. The van der Waals surface area contributed by atoms with E-state index in [1.54, 1.807) is 0 Å². The molecular weight excluding hydrogens is 174 g/mol. The Bertz CT molecular complexity index is 213. The summed E-state index contributed by atoms with van der Waals surface area (Å²) in [5, 5.41) is 9.95. The van der Waals surface area contributed by atoms with Crippen LogP contribution in [0.4, 0.5) is 8.78 Å². The van der Waals surface area contributed by atoms with Crippen LogP contribution in [0, 0.1) is 5.92 Å². The van der Waals surface area contributed by atoms with Gasteiger partial charge >= 0.3 is 0 Å². The van der Waals surface area contributed by atoms with E-state index in [0.29, 0.717) is 0 Å². The summed E-state index contributed by atoms with van der Waals surface area (Å²) in [6.07, 6.45) is 2.82. The monoisotopic (exact) mass is 190 g/mol. The molecule has 76 valence electrons. The average molecular weight is 190 g/mol. The van der Waals surface area contributed by atoms with Crippen LogP contribution in [0.2, 0.25) is 0 Å². The second-order valence-corrected chi connectivity index (χ2v) is 3.89. The quantitative estimate of drug-likeness (QED) is 0.664. The lowest BCUT2D eigenvalue weighted by atomic mass is 9.79. The second-order valence-electron chi connectivity index (χ2n) is 3.89. The van der Waals surface area contributed by atoms with Crippen molar-refractivity contribution in [1.82, 2.24) is 0 Å². The van der Waals surface area contributed by atoms with E-state index in [2.05, 4.69) is 0 Å². The summed E-state index contributed by atoms with van der Waals surface area (Å²) in [7, 11) is 0. The first-order chi connectivity index (χ1) is 5.90. The zero-order valence-corrected chi connectivity index (χ0v) is 8.06. The van der Waals surface area contributed by atoms with Crippen molar-refractivity contribution in [3.63, 3.8) is 0 Å². The molecule has 0 saturated carbocycles. The zero-order valence-electron chi connectivity index (χ0n) is 8.06. The molecule has 0 amide bonds. The van der Waals surface area contributed by atoms with Crippen LogP contribution < -0.4 is 0 Å². The Morgan fingerprint density at radius 2 is 2.00 bits per heavy atom. The lowest BCUT2D eigenvalue weighted by Gasteiger charge is -2.35. The van der Waals surface area contributed by atoms with Crippen molar-refractivity contribution in [2.75, 3.05) is 0 Å². The number of alkyl halides is 2. The second kappa shape index (κ2) is 3.37. The minimum Gasteiger partial charge on any atom is -0.386 e. The van der Waals surface area contributed by atoms with Gasteiger partial charge in [-0.3, -0.25) is 0 Å². The summed E-state index contributed by atoms with van der Waals surface area (Å²) < 4.78 is 25.4. The lowest BCUT2D eigenvalue weighted by molar-refractivity contribution is -0.0355. The molecule has 13 heavy (non-hydrogen) atoms. The SMILES string of the molecule is CCC(C)C1(O)C=CC(F)(F)CC1. The van der Waals surface area contributed by atoms with Gasteiger partial charge in [-0.05, 0) is 18.4 Å². The molecule has 0 spiro atoms. The van der Waals surface area contributed by atoms with Crippen molar-refractivity contribution in [2.45, 2.75) is 44.6 Å². The average Bonchev–Trinajstić information content (AvgIpc) is 2.09. The Labute approximate surface area is 77.5 Å². The van der Waals surface area contributed by atoms with Gasteiger partial charge in [-0.1, -0.05) is 26.3 Å². The van der Waals surface area contributed by atoms with Gasteiger partial charge in [0.15, 0.2) is 0 Å². The predicted molar refractivity (Wildman–Crippen MR) is 47.7 cm³/mol. The number of hydrogen-bond donors (Lipinski definition) is 1. The molecule has 2 atom stereocenters. The van der Waals surface area contributed by atoms with Crippen LogP contribution in [0.5, 0.6) is 0 Å². The van der Waals surface area contributed by atoms with Crippen LogP contribution in [0.15, 0.2) is 12.2 Å². The molecule has 0 radical (unpaired) electrons. The minimum atomic E-state index is -2.72. The van der Waals surface area contributed by atoms with Crippen molar-refractivity contribution in [2.24, 2.45) is 5.92 Å².